The van der Waals surface area contributed by atoms with Crippen LogP contribution in [-0.4, -0.2) is 15.5 Å². The van der Waals surface area contributed by atoms with Crippen LogP contribution in [0.3, 0.4) is 0 Å². The van der Waals surface area contributed by atoms with Crippen molar-refractivity contribution in [3.63, 3.8) is 0 Å². The van der Waals surface area contributed by atoms with Crippen molar-refractivity contribution >= 4 is 16.9 Å². The summed E-state index contributed by atoms with van der Waals surface area (Å²) in [5, 5.41) is 0. The standard InChI is InChI=1S/C26H22N2O/c1-25(2)18-11-7-5-9-15(18)17-13-22-21(14-20(17)25)27-24-26(3,4)19-12-8-6-10-16(19)23(29)28(22)24/h5-14H,1-4H3. The molecule has 0 unspecified atom stereocenters. The molecule has 2 aliphatic rings. The summed E-state index contributed by atoms with van der Waals surface area (Å²) in [4.78, 5) is 18.5. The average molecular weight is 378 g/mol. The van der Waals surface area contributed by atoms with Crippen molar-refractivity contribution in [2.75, 3.05) is 0 Å². The van der Waals surface area contributed by atoms with Crippen LogP contribution < -0.4 is 0 Å². The lowest BCUT2D eigenvalue weighted by molar-refractivity contribution is 0.0948. The van der Waals surface area contributed by atoms with E-state index in [1.165, 1.54) is 22.3 Å². The fourth-order valence-corrected chi connectivity index (χ4v) is 5.35. The van der Waals surface area contributed by atoms with Gasteiger partial charge in [0.2, 0.25) is 0 Å². The number of benzene rings is 3. The van der Waals surface area contributed by atoms with Gasteiger partial charge in [-0.15, -0.1) is 0 Å². The molecule has 1 aliphatic carbocycles. The van der Waals surface area contributed by atoms with Crippen molar-refractivity contribution in [2.45, 2.75) is 38.5 Å². The fourth-order valence-electron chi connectivity index (χ4n) is 5.35. The summed E-state index contributed by atoms with van der Waals surface area (Å²) >= 11 is 0. The number of carbonyl (C=O) groups is 1. The number of aromatic nitrogens is 2. The van der Waals surface area contributed by atoms with Crippen LogP contribution in [0.1, 0.15) is 60.6 Å². The van der Waals surface area contributed by atoms with E-state index in [9.17, 15) is 4.79 Å². The van der Waals surface area contributed by atoms with Gasteiger partial charge in [0.15, 0.2) is 0 Å². The van der Waals surface area contributed by atoms with Crippen molar-refractivity contribution in [3.05, 3.63) is 88.7 Å². The highest BCUT2D eigenvalue weighted by Gasteiger charge is 2.41. The first-order chi connectivity index (χ1) is 13.8. The molecule has 0 bridgehead atoms. The first kappa shape index (κ1) is 16.7. The summed E-state index contributed by atoms with van der Waals surface area (Å²) in [5.74, 6) is 0.842. The minimum absolute atomic E-state index is 0.0166. The Kier molecular flexibility index (Phi) is 2.91. The maximum Gasteiger partial charge on any atom is 0.264 e. The van der Waals surface area contributed by atoms with Gasteiger partial charge >= 0.3 is 0 Å². The van der Waals surface area contributed by atoms with Crippen molar-refractivity contribution in [1.82, 2.24) is 9.55 Å². The number of rotatable bonds is 0. The number of fused-ring (bicyclic) bond motifs is 7. The third-order valence-corrected chi connectivity index (χ3v) is 6.95. The van der Waals surface area contributed by atoms with Crippen LogP contribution >= 0.6 is 0 Å². The molecule has 3 aromatic carbocycles. The lowest BCUT2D eigenvalue weighted by atomic mass is 9.78. The van der Waals surface area contributed by atoms with E-state index in [2.05, 4.69) is 70.2 Å². The van der Waals surface area contributed by atoms with Crippen molar-refractivity contribution < 1.29 is 4.79 Å². The van der Waals surface area contributed by atoms with Gasteiger partial charge in [-0.3, -0.25) is 9.36 Å². The number of nitrogens with zero attached hydrogens (tertiary/aromatic N) is 2. The van der Waals surface area contributed by atoms with E-state index in [0.717, 1.165) is 28.0 Å². The Hall–Kier alpha value is -3.20. The van der Waals surface area contributed by atoms with Crippen LogP contribution in [0.5, 0.6) is 0 Å². The zero-order valence-corrected chi connectivity index (χ0v) is 17.1. The van der Waals surface area contributed by atoms with Gasteiger partial charge in [-0.25, -0.2) is 4.98 Å². The normalized spacial score (nSPS) is 17.6. The summed E-state index contributed by atoms with van der Waals surface area (Å²) in [6, 6.07) is 20.9. The van der Waals surface area contributed by atoms with E-state index < -0.39 is 0 Å². The Morgan fingerprint density at radius 3 is 2.07 bits per heavy atom. The predicted octanol–water partition coefficient (Wildman–Crippen LogP) is 5.67. The van der Waals surface area contributed by atoms with Crippen LogP contribution in [0.25, 0.3) is 22.2 Å². The molecule has 0 saturated heterocycles. The molecule has 6 rings (SSSR count). The van der Waals surface area contributed by atoms with Gasteiger partial charge in [0.1, 0.15) is 5.82 Å². The molecule has 0 N–H and O–H groups in total. The zero-order chi connectivity index (χ0) is 20.1. The lowest BCUT2D eigenvalue weighted by Gasteiger charge is -2.31. The summed E-state index contributed by atoms with van der Waals surface area (Å²) < 4.78 is 1.84. The molecule has 0 amide bonds. The molecule has 4 aromatic rings. The monoisotopic (exact) mass is 378 g/mol. The third kappa shape index (κ3) is 1.88. The number of hydrogen-bond donors (Lipinski definition) is 0. The van der Waals surface area contributed by atoms with Crippen molar-refractivity contribution in [2.24, 2.45) is 0 Å². The fraction of sp³-hybridized carbons (Fsp3) is 0.231. The summed E-state index contributed by atoms with van der Waals surface area (Å²) in [7, 11) is 0. The van der Waals surface area contributed by atoms with Crippen LogP contribution in [0.2, 0.25) is 0 Å². The Morgan fingerprint density at radius 1 is 0.724 bits per heavy atom. The Bertz CT molecular complexity index is 1370. The molecule has 0 atom stereocenters. The molecule has 2 heterocycles. The van der Waals surface area contributed by atoms with E-state index >= 15 is 0 Å². The Balaban J connectivity index is 1.71. The van der Waals surface area contributed by atoms with E-state index in [0.29, 0.717) is 0 Å². The molecule has 3 nitrogen and oxygen atoms in total. The lowest BCUT2D eigenvalue weighted by Crippen LogP contribution is -2.35. The highest BCUT2D eigenvalue weighted by atomic mass is 16.2. The number of hydrogen-bond acceptors (Lipinski definition) is 2. The van der Waals surface area contributed by atoms with Gasteiger partial charge in [-0.2, -0.15) is 0 Å². The van der Waals surface area contributed by atoms with E-state index in [4.69, 9.17) is 4.98 Å². The number of carbonyl (C=O) groups excluding carboxylic acids is 1. The topological polar surface area (TPSA) is 34.9 Å². The minimum Gasteiger partial charge on any atom is -0.268 e. The van der Waals surface area contributed by atoms with E-state index in [1.54, 1.807) is 0 Å². The largest absolute Gasteiger partial charge is 0.268 e. The maximum atomic E-state index is 13.5. The molecule has 29 heavy (non-hydrogen) atoms. The molecule has 3 heteroatoms. The summed E-state index contributed by atoms with van der Waals surface area (Å²) in [6.45, 7) is 8.85. The first-order valence-electron chi connectivity index (χ1n) is 10.1. The zero-order valence-electron chi connectivity index (χ0n) is 17.1. The first-order valence-corrected chi connectivity index (χ1v) is 10.1. The minimum atomic E-state index is -0.332. The van der Waals surface area contributed by atoms with Gasteiger partial charge in [0.05, 0.1) is 11.0 Å². The molecule has 0 radical (unpaired) electrons. The molecular weight excluding hydrogens is 356 g/mol. The van der Waals surface area contributed by atoms with Crippen molar-refractivity contribution in [3.8, 4) is 11.1 Å². The van der Waals surface area contributed by atoms with Crippen LogP contribution in [-0.2, 0) is 10.8 Å². The average Bonchev–Trinajstić information content (AvgIpc) is 3.20. The highest BCUT2D eigenvalue weighted by Crippen LogP contribution is 2.50. The second kappa shape index (κ2) is 5.04. The molecular formula is C26H22N2O. The van der Waals surface area contributed by atoms with Crippen LogP contribution in [0.4, 0.5) is 0 Å². The second-order valence-corrected chi connectivity index (χ2v) is 9.30. The smallest absolute Gasteiger partial charge is 0.264 e. The molecule has 142 valence electrons. The van der Waals surface area contributed by atoms with Crippen LogP contribution in [0.15, 0.2) is 60.7 Å². The quantitative estimate of drug-likeness (QED) is 0.395. The van der Waals surface area contributed by atoms with Crippen molar-refractivity contribution in [1.29, 1.82) is 0 Å². The second-order valence-electron chi connectivity index (χ2n) is 9.30. The predicted molar refractivity (Wildman–Crippen MR) is 116 cm³/mol. The SMILES string of the molecule is CC1(C)c2ccccc2-c2cc3c(cc21)nc1n3C(=O)c2ccccc2C1(C)C. The molecule has 0 spiro atoms. The van der Waals surface area contributed by atoms with E-state index in [1.807, 2.05) is 22.8 Å². The summed E-state index contributed by atoms with van der Waals surface area (Å²) in [6.07, 6.45) is 0. The highest BCUT2D eigenvalue weighted by molar-refractivity contribution is 6.06. The van der Waals surface area contributed by atoms with Gasteiger partial charge < -0.3 is 0 Å². The molecule has 1 aliphatic heterocycles. The van der Waals surface area contributed by atoms with Crippen LogP contribution in [0, 0.1) is 0 Å². The van der Waals surface area contributed by atoms with E-state index in [-0.39, 0.29) is 16.7 Å². The Labute approximate surface area is 170 Å². The summed E-state index contributed by atoms with van der Waals surface area (Å²) in [5.41, 5.74) is 8.29. The van der Waals surface area contributed by atoms with Gasteiger partial charge in [-0.1, -0.05) is 56.3 Å². The molecule has 0 saturated carbocycles. The number of imidazole rings is 1. The van der Waals surface area contributed by atoms with Gasteiger partial charge in [0.25, 0.3) is 5.91 Å². The Morgan fingerprint density at radius 2 is 1.34 bits per heavy atom. The molecule has 0 fully saturated rings. The van der Waals surface area contributed by atoms with Gasteiger partial charge in [0, 0.05) is 16.4 Å². The maximum absolute atomic E-state index is 13.5. The third-order valence-electron chi connectivity index (χ3n) is 6.95. The van der Waals surface area contributed by atoms with Gasteiger partial charge in [-0.05, 0) is 59.9 Å². The molecule has 1 aromatic heterocycles.